The normalized spacial score (nSPS) is 23.7. The highest BCUT2D eigenvalue weighted by Gasteiger charge is 2.36. The van der Waals surface area contributed by atoms with E-state index in [1.807, 2.05) is 19.9 Å². The molecular formula is C14H22N2O2. The Morgan fingerprint density at radius 2 is 2.28 bits per heavy atom. The monoisotopic (exact) mass is 250 g/mol. The van der Waals surface area contributed by atoms with Crippen molar-refractivity contribution < 1.29 is 9.21 Å². The van der Waals surface area contributed by atoms with Crippen LogP contribution in [-0.4, -0.2) is 18.5 Å². The Balaban J connectivity index is 1.79. The predicted molar refractivity (Wildman–Crippen MR) is 70.2 cm³/mol. The van der Waals surface area contributed by atoms with Gasteiger partial charge in [0.15, 0.2) is 0 Å². The molecule has 1 aliphatic carbocycles. The maximum Gasteiger partial charge on any atom is 0.236 e. The van der Waals surface area contributed by atoms with E-state index in [0.29, 0.717) is 19.0 Å². The molecule has 3 atom stereocenters. The van der Waals surface area contributed by atoms with Crippen molar-refractivity contribution in [1.29, 1.82) is 0 Å². The first-order valence-electron chi connectivity index (χ1n) is 6.71. The van der Waals surface area contributed by atoms with E-state index in [1.54, 1.807) is 0 Å². The topological polar surface area (TPSA) is 54.3 Å². The largest absolute Gasteiger partial charge is 0.464 e. The Morgan fingerprint density at radius 3 is 2.89 bits per heavy atom. The van der Waals surface area contributed by atoms with Gasteiger partial charge < -0.3 is 9.73 Å². The highest BCUT2D eigenvalue weighted by Crippen LogP contribution is 2.47. The number of amides is 1. The maximum atomic E-state index is 11.5. The van der Waals surface area contributed by atoms with Gasteiger partial charge in [-0.05, 0) is 38.3 Å². The summed E-state index contributed by atoms with van der Waals surface area (Å²) in [5, 5.41) is 5.95. The average molecular weight is 250 g/mol. The summed E-state index contributed by atoms with van der Waals surface area (Å²) in [6.45, 7) is 7.27. The third-order valence-electron chi connectivity index (χ3n) is 3.48. The number of carbonyl (C=O) groups excluding carboxylic acids is 1. The van der Waals surface area contributed by atoms with Gasteiger partial charge >= 0.3 is 0 Å². The number of furan rings is 1. The Bertz CT molecular complexity index is 414. The van der Waals surface area contributed by atoms with Crippen LogP contribution >= 0.6 is 0 Å². The van der Waals surface area contributed by atoms with Gasteiger partial charge in [-0.2, -0.15) is 0 Å². The van der Waals surface area contributed by atoms with Gasteiger partial charge in [-0.1, -0.05) is 6.92 Å². The van der Waals surface area contributed by atoms with E-state index in [2.05, 4.69) is 23.6 Å². The van der Waals surface area contributed by atoms with Gasteiger partial charge in [0.1, 0.15) is 11.5 Å². The molecule has 0 radical (unpaired) electrons. The first-order chi connectivity index (χ1) is 8.61. The van der Waals surface area contributed by atoms with Gasteiger partial charge in [0.2, 0.25) is 5.91 Å². The third kappa shape index (κ3) is 3.13. The van der Waals surface area contributed by atoms with E-state index in [4.69, 9.17) is 4.42 Å². The van der Waals surface area contributed by atoms with Gasteiger partial charge in [0, 0.05) is 12.5 Å². The van der Waals surface area contributed by atoms with E-state index >= 15 is 0 Å². The lowest BCUT2D eigenvalue weighted by Gasteiger charge is -2.11. The zero-order valence-corrected chi connectivity index (χ0v) is 11.3. The van der Waals surface area contributed by atoms with Crippen LogP contribution in [0.4, 0.5) is 0 Å². The van der Waals surface area contributed by atoms with Gasteiger partial charge in [-0.15, -0.1) is 0 Å². The van der Waals surface area contributed by atoms with E-state index in [1.165, 1.54) is 6.42 Å². The molecule has 4 heteroatoms. The second kappa shape index (κ2) is 5.57. The van der Waals surface area contributed by atoms with Crippen LogP contribution < -0.4 is 10.6 Å². The van der Waals surface area contributed by atoms with E-state index < -0.39 is 0 Å². The summed E-state index contributed by atoms with van der Waals surface area (Å²) in [6, 6.07) is 3.86. The molecule has 1 amide bonds. The summed E-state index contributed by atoms with van der Waals surface area (Å²) in [7, 11) is 0. The third-order valence-corrected chi connectivity index (χ3v) is 3.48. The summed E-state index contributed by atoms with van der Waals surface area (Å²) in [5.74, 6) is 3.39. The molecular weight excluding hydrogens is 228 g/mol. The van der Waals surface area contributed by atoms with Gasteiger partial charge in [-0.3, -0.25) is 10.1 Å². The minimum absolute atomic E-state index is 0.0279. The first-order valence-corrected chi connectivity index (χ1v) is 6.71. The molecule has 0 bridgehead atoms. The first kappa shape index (κ1) is 13.1. The van der Waals surface area contributed by atoms with Crippen LogP contribution in [0.15, 0.2) is 16.5 Å². The summed E-state index contributed by atoms with van der Waals surface area (Å²) >= 11 is 0. The predicted octanol–water partition coefficient (Wildman–Crippen LogP) is 2.02. The zero-order chi connectivity index (χ0) is 13.1. The van der Waals surface area contributed by atoms with Gasteiger partial charge in [-0.25, -0.2) is 0 Å². The molecule has 18 heavy (non-hydrogen) atoms. The molecule has 0 aliphatic heterocycles. The smallest absolute Gasteiger partial charge is 0.236 e. The fourth-order valence-corrected chi connectivity index (χ4v) is 2.08. The van der Waals surface area contributed by atoms with Crippen molar-refractivity contribution in [2.24, 2.45) is 5.92 Å². The summed E-state index contributed by atoms with van der Waals surface area (Å²) in [6.07, 6.45) is 1.23. The molecule has 1 saturated carbocycles. The Labute approximate surface area is 108 Å². The highest BCUT2D eigenvalue weighted by atomic mass is 16.3. The van der Waals surface area contributed by atoms with Crippen molar-refractivity contribution in [1.82, 2.24) is 10.6 Å². The van der Waals surface area contributed by atoms with Crippen LogP contribution in [0.1, 0.15) is 44.6 Å². The number of hydrogen-bond acceptors (Lipinski definition) is 3. The quantitative estimate of drug-likeness (QED) is 0.812. The lowest BCUT2D eigenvalue weighted by Crippen LogP contribution is -2.41. The van der Waals surface area contributed by atoms with Crippen LogP contribution in [0, 0.1) is 5.92 Å². The van der Waals surface area contributed by atoms with E-state index in [0.717, 1.165) is 17.4 Å². The lowest BCUT2D eigenvalue weighted by atomic mass is 10.3. The highest BCUT2D eigenvalue weighted by molar-refractivity contribution is 5.81. The van der Waals surface area contributed by atoms with E-state index in [-0.39, 0.29) is 11.9 Å². The minimum Gasteiger partial charge on any atom is -0.464 e. The molecule has 1 aromatic rings. The van der Waals surface area contributed by atoms with Crippen LogP contribution in [0.25, 0.3) is 0 Å². The van der Waals surface area contributed by atoms with E-state index in [9.17, 15) is 4.79 Å². The molecule has 100 valence electrons. The zero-order valence-electron chi connectivity index (χ0n) is 11.3. The molecule has 0 saturated heterocycles. The Morgan fingerprint density at radius 1 is 1.56 bits per heavy atom. The van der Waals surface area contributed by atoms with Crippen molar-refractivity contribution in [2.75, 3.05) is 6.54 Å². The summed E-state index contributed by atoms with van der Waals surface area (Å²) in [4.78, 5) is 11.5. The Kier molecular flexibility index (Phi) is 4.07. The average Bonchev–Trinajstić information content (AvgIpc) is 2.91. The van der Waals surface area contributed by atoms with Crippen LogP contribution in [-0.2, 0) is 11.3 Å². The number of hydrogen-bond donors (Lipinski definition) is 2. The van der Waals surface area contributed by atoms with Crippen molar-refractivity contribution in [2.45, 2.75) is 45.7 Å². The molecule has 2 N–H and O–H groups in total. The molecule has 1 heterocycles. The van der Waals surface area contributed by atoms with Crippen LogP contribution in [0.3, 0.4) is 0 Å². The Hall–Kier alpha value is -1.29. The number of nitrogens with one attached hydrogen (secondary N) is 2. The standard InChI is InChI=1S/C14H22N2O2/c1-4-15-14(17)10(3)16-8-11-5-6-13(18-11)12-7-9(12)2/h5-6,9-10,12,16H,4,7-8H2,1-3H3,(H,15,17). The number of rotatable bonds is 6. The molecule has 1 fully saturated rings. The fourth-order valence-electron chi connectivity index (χ4n) is 2.08. The molecule has 4 nitrogen and oxygen atoms in total. The lowest BCUT2D eigenvalue weighted by molar-refractivity contribution is -0.122. The van der Waals surface area contributed by atoms with Gasteiger partial charge in [0.25, 0.3) is 0 Å². The van der Waals surface area contributed by atoms with Crippen molar-refractivity contribution in [3.63, 3.8) is 0 Å². The van der Waals surface area contributed by atoms with Crippen molar-refractivity contribution >= 4 is 5.91 Å². The molecule has 2 rings (SSSR count). The number of likely N-dealkylation sites (N-methyl/N-ethyl adjacent to an activating group) is 1. The fraction of sp³-hybridized carbons (Fsp3) is 0.643. The molecule has 3 unspecified atom stereocenters. The molecule has 0 aromatic carbocycles. The van der Waals surface area contributed by atoms with Crippen LogP contribution in [0.2, 0.25) is 0 Å². The van der Waals surface area contributed by atoms with Crippen molar-refractivity contribution in [3.05, 3.63) is 23.7 Å². The van der Waals surface area contributed by atoms with Gasteiger partial charge in [0.05, 0.1) is 12.6 Å². The second-order valence-corrected chi connectivity index (χ2v) is 5.12. The number of carbonyl (C=O) groups is 1. The summed E-state index contributed by atoms with van der Waals surface area (Å²) < 4.78 is 5.77. The van der Waals surface area contributed by atoms with Crippen molar-refractivity contribution in [3.8, 4) is 0 Å². The minimum atomic E-state index is -0.196. The molecule has 1 aromatic heterocycles. The van der Waals surface area contributed by atoms with Crippen LogP contribution in [0.5, 0.6) is 0 Å². The molecule has 0 spiro atoms. The second-order valence-electron chi connectivity index (χ2n) is 5.12. The molecule has 1 aliphatic rings. The SMILES string of the molecule is CCNC(=O)C(C)NCc1ccc(C2CC2C)o1. The summed E-state index contributed by atoms with van der Waals surface area (Å²) in [5.41, 5.74) is 0. The maximum absolute atomic E-state index is 11.5.